The van der Waals surface area contributed by atoms with Crippen molar-refractivity contribution in [3.05, 3.63) is 16.8 Å². The van der Waals surface area contributed by atoms with Crippen LogP contribution in [0.25, 0.3) is 10.2 Å². The minimum atomic E-state index is 0.196. The van der Waals surface area contributed by atoms with Crippen molar-refractivity contribution in [3.8, 4) is 5.88 Å². The Morgan fingerprint density at radius 3 is 2.71 bits per heavy atom. The molecule has 0 aromatic carbocycles. The van der Waals surface area contributed by atoms with E-state index >= 15 is 0 Å². The van der Waals surface area contributed by atoms with Gasteiger partial charge in [-0.2, -0.15) is 0 Å². The van der Waals surface area contributed by atoms with Gasteiger partial charge in [-0.25, -0.2) is 9.97 Å². The van der Waals surface area contributed by atoms with Crippen molar-refractivity contribution >= 4 is 21.6 Å². The molecule has 0 spiro atoms. The molecule has 1 fully saturated rings. The van der Waals surface area contributed by atoms with Crippen LogP contribution in [0.5, 0.6) is 5.88 Å². The highest BCUT2D eigenvalue weighted by atomic mass is 32.1. The smallest absolute Gasteiger partial charge is 0.225 e. The van der Waals surface area contributed by atoms with Crippen LogP contribution in [0.1, 0.15) is 48.5 Å². The monoisotopic (exact) mass is 347 g/mol. The summed E-state index contributed by atoms with van der Waals surface area (Å²) in [5.41, 5.74) is 1.25. The zero-order chi connectivity index (χ0) is 16.7. The Bertz CT molecular complexity index is 722. The third-order valence-corrected chi connectivity index (χ3v) is 6.74. The first kappa shape index (κ1) is 16.2. The molecule has 1 N–H and O–H groups in total. The summed E-state index contributed by atoms with van der Waals surface area (Å²) in [6, 6.07) is 0.666. The maximum absolute atomic E-state index is 9.70. The van der Waals surface area contributed by atoms with Gasteiger partial charge in [0.2, 0.25) is 5.88 Å². The standard InChI is InChI=1S/C18H25N3O2S/c1-21(2)12-4-6-13(7-5-12)23-17-16-15-11(9-22)3-8-14(15)24-18(16)20-10-19-17/h10-13,22H,3-9H2,1-2H3. The van der Waals surface area contributed by atoms with Crippen molar-refractivity contribution in [1.82, 2.24) is 14.9 Å². The van der Waals surface area contributed by atoms with Crippen LogP contribution in [0.4, 0.5) is 0 Å². The Kier molecular flexibility index (Phi) is 4.45. The first-order valence-electron chi connectivity index (χ1n) is 8.87. The van der Waals surface area contributed by atoms with Crippen molar-refractivity contribution in [3.63, 3.8) is 0 Å². The minimum Gasteiger partial charge on any atom is -0.474 e. The second-order valence-corrected chi connectivity index (χ2v) is 8.31. The first-order valence-corrected chi connectivity index (χ1v) is 9.69. The Morgan fingerprint density at radius 2 is 2.00 bits per heavy atom. The summed E-state index contributed by atoms with van der Waals surface area (Å²) >= 11 is 1.74. The van der Waals surface area contributed by atoms with Crippen molar-refractivity contribution < 1.29 is 9.84 Å². The Balaban J connectivity index is 1.59. The van der Waals surface area contributed by atoms with Crippen molar-refractivity contribution in [2.75, 3.05) is 20.7 Å². The number of thiophene rings is 1. The molecule has 6 heteroatoms. The quantitative estimate of drug-likeness (QED) is 0.921. The predicted molar refractivity (Wildman–Crippen MR) is 95.9 cm³/mol. The molecule has 4 rings (SSSR count). The van der Waals surface area contributed by atoms with Crippen LogP contribution < -0.4 is 4.74 Å². The van der Waals surface area contributed by atoms with Crippen LogP contribution in [0, 0.1) is 0 Å². The van der Waals surface area contributed by atoms with Crippen LogP contribution in [0.3, 0.4) is 0 Å². The van der Waals surface area contributed by atoms with Gasteiger partial charge >= 0.3 is 0 Å². The highest BCUT2D eigenvalue weighted by molar-refractivity contribution is 7.19. The van der Waals surface area contributed by atoms with Crippen LogP contribution in [0.15, 0.2) is 6.33 Å². The maximum Gasteiger partial charge on any atom is 0.225 e. The maximum atomic E-state index is 9.70. The van der Waals surface area contributed by atoms with Crippen molar-refractivity contribution in [2.45, 2.75) is 56.6 Å². The van der Waals surface area contributed by atoms with E-state index in [0.29, 0.717) is 6.04 Å². The third kappa shape index (κ3) is 2.80. The summed E-state index contributed by atoms with van der Waals surface area (Å²) in [5, 5.41) is 10.8. The summed E-state index contributed by atoms with van der Waals surface area (Å²) in [6.07, 6.45) is 8.41. The number of aromatic nitrogens is 2. The van der Waals surface area contributed by atoms with Gasteiger partial charge in [0.05, 0.1) is 12.0 Å². The van der Waals surface area contributed by atoms with Crippen LogP contribution >= 0.6 is 11.3 Å². The molecule has 2 aliphatic rings. The SMILES string of the molecule is CN(C)C1CCC(Oc2ncnc3sc4c(c23)C(CO)CC4)CC1. The molecule has 0 aliphatic heterocycles. The van der Waals surface area contributed by atoms with Crippen LogP contribution in [-0.4, -0.2) is 52.8 Å². The van der Waals surface area contributed by atoms with Gasteiger partial charge in [0.25, 0.3) is 0 Å². The molecule has 2 aromatic heterocycles. The highest BCUT2D eigenvalue weighted by Gasteiger charge is 2.31. The number of nitrogens with zero attached hydrogens (tertiary/aromatic N) is 3. The van der Waals surface area contributed by atoms with Crippen molar-refractivity contribution in [2.24, 2.45) is 0 Å². The number of hydrogen-bond donors (Lipinski definition) is 1. The third-order valence-electron chi connectivity index (χ3n) is 5.57. The molecule has 5 nitrogen and oxygen atoms in total. The summed E-state index contributed by atoms with van der Waals surface area (Å²) in [7, 11) is 4.31. The summed E-state index contributed by atoms with van der Waals surface area (Å²) < 4.78 is 6.33. The topological polar surface area (TPSA) is 58.5 Å². The summed E-state index contributed by atoms with van der Waals surface area (Å²) in [5.74, 6) is 0.942. The van der Waals surface area contributed by atoms with E-state index in [1.165, 1.54) is 23.3 Å². The lowest BCUT2D eigenvalue weighted by Gasteiger charge is -2.32. The van der Waals surface area contributed by atoms with Gasteiger partial charge in [-0.05, 0) is 58.2 Å². The first-order chi connectivity index (χ1) is 11.7. The van der Waals surface area contributed by atoms with Crippen LogP contribution in [-0.2, 0) is 6.42 Å². The van der Waals surface area contributed by atoms with E-state index in [4.69, 9.17) is 4.74 Å². The molecule has 1 atom stereocenters. The van der Waals surface area contributed by atoms with Crippen LogP contribution in [0.2, 0.25) is 0 Å². The number of aliphatic hydroxyl groups is 1. The van der Waals surface area contributed by atoms with Gasteiger partial charge in [-0.1, -0.05) is 0 Å². The lowest BCUT2D eigenvalue weighted by molar-refractivity contribution is 0.108. The number of ether oxygens (including phenoxy) is 1. The molecule has 0 bridgehead atoms. The lowest BCUT2D eigenvalue weighted by atomic mass is 9.92. The minimum absolute atomic E-state index is 0.196. The van der Waals surface area contributed by atoms with E-state index in [1.807, 2.05) is 0 Å². The van der Waals surface area contributed by atoms with E-state index in [-0.39, 0.29) is 18.6 Å². The van der Waals surface area contributed by atoms with Gasteiger partial charge in [0.1, 0.15) is 17.3 Å². The molecule has 2 aromatic rings. The fraction of sp³-hybridized carbons (Fsp3) is 0.667. The lowest BCUT2D eigenvalue weighted by Crippen LogP contribution is -2.35. The Labute approximate surface area is 146 Å². The zero-order valence-corrected chi connectivity index (χ0v) is 15.2. The zero-order valence-electron chi connectivity index (χ0n) is 14.4. The molecular formula is C18H25N3O2S. The van der Waals surface area contributed by atoms with Crippen molar-refractivity contribution in [1.29, 1.82) is 0 Å². The van der Waals surface area contributed by atoms with E-state index in [0.717, 1.165) is 41.8 Å². The molecule has 1 saturated carbocycles. The van der Waals surface area contributed by atoms with Gasteiger partial charge in [0.15, 0.2) is 0 Å². The average Bonchev–Trinajstić information content (AvgIpc) is 3.14. The van der Waals surface area contributed by atoms with Gasteiger partial charge in [-0.3, -0.25) is 0 Å². The number of aliphatic hydroxyl groups excluding tert-OH is 1. The molecule has 0 radical (unpaired) electrons. The molecule has 2 heterocycles. The predicted octanol–water partition coefficient (Wildman–Crippen LogP) is 2.97. The molecule has 2 aliphatic carbocycles. The molecule has 1 unspecified atom stereocenters. The number of hydrogen-bond acceptors (Lipinski definition) is 6. The Morgan fingerprint density at radius 1 is 1.21 bits per heavy atom. The van der Waals surface area contributed by atoms with Gasteiger partial charge in [0, 0.05) is 16.8 Å². The molecule has 24 heavy (non-hydrogen) atoms. The second-order valence-electron chi connectivity index (χ2n) is 7.23. The summed E-state index contributed by atoms with van der Waals surface area (Å²) in [6.45, 7) is 0.196. The molecule has 0 saturated heterocycles. The number of aryl methyl sites for hydroxylation is 1. The number of rotatable bonds is 4. The summed E-state index contributed by atoms with van der Waals surface area (Å²) in [4.78, 5) is 13.6. The molecule has 130 valence electrons. The number of fused-ring (bicyclic) bond motifs is 3. The highest BCUT2D eigenvalue weighted by Crippen LogP contribution is 2.46. The van der Waals surface area contributed by atoms with E-state index < -0.39 is 0 Å². The fourth-order valence-corrected chi connectivity index (χ4v) is 5.38. The normalized spacial score (nSPS) is 26.9. The molecular weight excluding hydrogens is 322 g/mol. The largest absolute Gasteiger partial charge is 0.474 e. The molecule has 0 amide bonds. The van der Waals surface area contributed by atoms with E-state index in [9.17, 15) is 5.11 Å². The Hall–Kier alpha value is -1.24. The second kappa shape index (κ2) is 6.58. The average molecular weight is 347 g/mol. The van der Waals surface area contributed by atoms with Gasteiger partial charge < -0.3 is 14.7 Å². The van der Waals surface area contributed by atoms with E-state index in [2.05, 4.69) is 29.0 Å². The fourth-order valence-electron chi connectivity index (χ4n) is 4.15. The van der Waals surface area contributed by atoms with Gasteiger partial charge in [-0.15, -0.1) is 11.3 Å². The van der Waals surface area contributed by atoms with E-state index in [1.54, 1.807) is 17.7 Å².